The number of nitrogens with zero attached hydrogens (tertiary/aromatic N) is 1. The van der Waals surface area contributed by atoms with Crippen molar-refractivity contribution in [2.24, 2.45) is 5.73 Å². The molecule has 0 saturated carbocycles. The summed E-state index contributed by atoms with van der Waals surface area (Å²) in [6.45, 7) is 5.56. The minimum atomic E-state index is -0.0832. The van der Waals surface area contributed by atoms with Gasteiger partial charge in [-0.1, -0.05) is 6.42 Å². The number of nitrogens with one attached hydrogen (secondary N) is 1. The van der Waals surface area contributed by atoms with Crippen LogP contribution in [-0.2, 0) is 6.54 Å². The first-order chi connectivity index (χ1) is 9.70. The number of carbonyl (C=O) groups is 1. The molecule has 5 nitrogen and oxygen atoms in total. The number of hydrogen-bond donors (Lipinski definition) is 2. The molecule has 2 rings (SSSR count). The fourth-order valence-corrected chi connectivity index (χ4v) is 2.68. The molecule has 1 fully saturated rings. The van der Waals surface area contributed by atoms with Gasteiger partial charge in [0.1, 0.15) is 12.0 Å². The molecule has 1 atom stereocenters. The Morgan fingerprint density at radius 1 is 1.55 bits per heavy atom. The molecular weight excluding hydrogens is 254 g/mol. The molecule has 112 valence electrons. The van der Waals surface area contributed by atoms with Crippen LogP contribution in [0.2, 0.25) is 0 Å². The maximum Gasteiger partial charge on any atom is 0.254 e. The molecule has 0 aromatic carbocycles. The highest BCUT2D eigenvalue weighted by Crippen LogP contribution is 2.16. The Morgan fingerprint density at radius 2 is 2.40 bits per heavy atom. The Bertz CT molecular complexity index is 431. The summed E-state index contributed by atoms with van der Waals surface area (Å²) in [7, 11) is 0. The van der Waals surface area contributed by atoms with Crippen molar-refractivity contribution in [3.63, 3.8) is 0 Å². The summed E-state index contributed by atoms with van der Waals surface area (Å²) in [4.78, 5) is 14.4. The van der Waals surface area contributed by atoms with Crippen molar-refractivity contribution < 1.29 is 9.21 Å². The average molecular weight is 279 g/mol. The second-order valence-corrected chi connectivity index (χ2v) is 5.50. The summed E-state index contributed by atoms with van der Waals surface area (Å²) in [5.74, 6) is 0.553. The summed E-state index contributed by atoms with van der Waals surface area (Å²) in [5, 5.41) is 2.92. The molecule has 1 aromatic heterocycles. The Kier molecular flexibility index (Phi) is 5.61. The monoisotopic (exact) mass is 279 g/mol. The van der Waals surface area contributed by atoms with E-state index >= 15 is 0 Å². The molecule has 2 heterocycles. The number of rotatable bonds is 6. The normalized spacial score (nSPS) is 20.0. The molecule has 1 aliphatic rings. The van der Waals surface area contributed by atoms with Gasteiger partial charge in [0.15, 0.2) is 0 Å². The Labute approximate surface area is 120 Å². The summed E-state index contributed by atoms with van der Waals surface area (Å²) >= 11 is 0. The van der Waals surface area contributed by atoms with E-state index in [1.807, 2.05) is 0 Å². The molecule has 0 aliphatic carbocycles. The van der Waals surface area contributed by atoms with Crippen molar-refractivity contribution in [1.82, 2.24) is 10.2 Å². The molecule has 0 bridgehead atoms. The lowest BCUT2D eigenvalue weighted by Crippen LogP contribution is -2.39. The van der Waals surface area contributed by atoms with Crippen LogP contribution in [0.25, 0.3) is 0 Å². The average Bonchev–Trinajstić information content (AvgIpc) is 2.94. The summed E-state index contributed by atoms with van der Waals surface area (Å²) in [5.41, 5.74) is 6.00. The zero-order valence-electron chi connectivity index (χ0n) is 12.2. The van der Waals surface area contributed by atoms with Crippen molar-refractivity contribution in [2.45, 2.75) is 45.2 Å². The minimum Gasteiger partial charge on any atom is -0.467 e. The molecule has 0 radical (unpaired) electrons. The molecular formula is C15H25N3O2. The molecule has 0 spiro atoms. The third-order valence-corrected chi connectivity index (χ3v) is 3.97. The third-order valence-electron chi connectivity index (χ3n) is 3.97. The van der Waals surface area contributed by atoms with E-state index in [4.69, 9.17) is 10.2 Å². The van der Waals surface area contributed by atoms with Crippen LogP contribution >= 0.6 is 0 Å². The lowest BCUT2D eigenvalue weighted by molar-refractivity contribution is 0.0948. The largest absolute Gasteiger partial charge is 0.467 e. The van der Waals surface area contributed by atoms with Gasteiger partial charge in [0.25, 0.3) is 5.91 Å². The highest BCUT2D eigenvalue weighted by atomic mass is 16.3. The molecule has 1 aromatic rings. The van der Waals surface area contributed by atoms with Gasteiger partial charge in [0.2, 0.25) is 0 Å². The topological polar surface area (TPSA) is 71.5 Å². The number of nitrogens with two attached hydrogens (primary N) is 1. The SMILES string of the molecule is CC1CCCCN1CCCNC(=O)c1coc(CN)c1. The van der Waals surface area contributed by atoms with Crippen molar-refractivity contribution in [3.8, 4) is 0 Å². The van der Waals surface area contributed by atoms with Gasteiger partial charge in [-0.3, -0.25) is 4.79 Å². The van der Waals surface area contributed by atoms with Gasteiger partial charge in [-0.25, -0.2) is 0 Å². The van der Waals surface area contributed by atoms with Gasteiger partial charge >= 0.3 is 0 Å². The maximum atomic E-state index is 11.9. The smallest absolute Gasteiger partial charge is 0.254 e. The fraction of sp³-hybridized carbons (Fsp3) is 0.667. The van der Waals surface area contributed by atoms with Gasteiger partial charge in [0.05, 0.1) is 12.1 Å². The number of piperidine rings is 1. The van der Waals surface area contributed by atoms with E-state index in [-0.39, 0.29) is 5.91 Å². The first kappa shape index (κ1) is 15.1. The van der Waals surface area contributed by atoms with Gasteiger partial charge in [-0.05, 0) is 38.8 Å². The molecule has 20 heavy (non-hydrogen) atoms. The number of hydrogen-bond acceptors (Lipinski definition) is 4. The molecule has 1 amide bonds. The zero-order valence-corrected chi connectivity index (χ0v) is 12.2. The number of likely N-dealkylation sites (tertiary alicyclic amines) is 1. The minimum absolute atomic E-state index is 0.0832. The van der Waals surface area contributed by atoms with Crippen molar-refractivity contribution in [3.05, 3.63) is 23.7 Å². The van der Waals surface area contributed by atoms with Crippen molar-refractivity contribution in [1.29, 1.82) is 0 Å². The predicted octanol–water partition coefficient (Wildman–Crippen LogP) is 1.73. The number of furan rings is 1. The van der Waals surface area contributed by atoms with E-state index in [2.05, 4.69) is 17.1 Å². The van der Waals surface area contributed by atoms with Crippen LogP contribution < -0.4 is 11.1 Å². The second kappa shape index (κ2) is 7.45. The van der Waals surface area contributed by atoms with Crippen LogP contribution in [0.15, 0.2) is 16.7 Å². The molecule has 1 unspecified atom stereocenters. The Hall–Kier alpha value is -1.33. The lowest BCUT2D eigenvalue weighted by atomic mass is 10.0. The van der Waals surface area contributed by atoms with Crippen LogP contribution in [0.5, 0.6) is 0 Å². The van der Waals surface area contributed by atoms with E-state index in [9.17, 15) is 4.79 Å². The summed E-state index contributed by atoms with van der Waals surface area (Å²) in [6.07, 6.45) is 6.39. The van der Waals surface area contributed by atoms with E-state index in [1.165, 1.54) is 32.1 Å². The van der Waals surface area contributed by atoms with Gasteiger partial charge < -0.3 is 20.4 Å². The van der Waals surface area contributed by atoms with Gasteiger partial charge in [-0.2, -0.15) is 0 Å². The van der Waals surface area contributed by atoms with Crippen LogP contribution in [-0.4, -0.2) is 36.5 Å². The van der Waals surface area contributed by atoms with Gasteiger partial charge in [-0.15, -0.1) is 0 Å². The number of amides is 1. The zero-order chi connectivity index (χ0) is 14.4. The van der Waals surface area contributed by atoms with E-state index in [1.54, 1.807) is 6.07 Å². The second-order valence-electron chi connectivity index (χ2n) is 5.50. The fourth-order valence-electron chi connectivity index (χ4n) is 2.68. The van der Waals surface area contributed by atoms with Crippen LogP contribution in [0.1, 0.15) is 48.7 Å². The Balaban J connectivity index is 1.66. The van der Waals surface area contributed by atoms with E-state index < -0.39 is 0 Å². The van der Waals surface area contributed by atoms with Crippen LogP contribution in [0.4, 0.5) is 0 Å². The molecule has 5 heteroatoms. The van der Waals surface area contributed by atoms with Gasteiger partial charge in [0, 0.05) is 19.1 Å². The molecule has 1 saturated heterocycles. The van der Waals surface area contributed by atoms with Crippen LogP contribution in [0, 0.1) is 0 Å². The maximum absolute atomic E-state index is 11.9. The predicted molar refractivity (Wildman–Crippen MR) is 78.4 cm³/mol. The lowest BCUT2D eigenvalue weighted by Gasteiger charge is -2.33. The number of carbonyl (C=O) groups excluding carboxylic acids is 1. The van der Waals surface area contributed by atoms with Crippen LogP contribution in [0.3, 0.4) is 0 Å². The first-order valence-electron chi connectivity index (χ1n) is 7.50. The van der Waals surface area contributed by atoms with E-state index in [0.717, 1.165) is 13.0 Å². The summed E-state index contributed by atoms with van der Waals surface area (Å²) in [6, 6.07) is 2.38. The highest BCUT2D eigenvalue weighted by molar-refractivity contribution is 5.93. The molecule has 3 N–H and O–H groups in total. The van der Waals surface area contributed by atoms with Crippen molar-refractivity contribution >= 4 is 5.91 Å². The first-order valence-corrected chi connectivity index (χ1v) is 7.50. The highest BCUT2D eigenvalue weighted by Gasteiger charge is 2.17. The van der Waals surface area contributed by atoms with E-state index in [0.29, 0.717) is 30.5 Å². The third kappa shape index (κ3) is 4.08. The summed E-state index contributed by atoms with van der Waals surface area (Å²) < 4.78 is 5.16. The molecule has 1 aliphatic heterocycles. The van der Waals surface area contributed by atoms with Crippen molar-refractivity contribution in [2.75, 3.05) is 19.6 Å². The Morgan fingerprint density at radius 3 is 3.10 bits per heavy atom. The quantitative estimate of drug-likeness (QED) is 0.778. The standard InChI is InChI=1S/C15H25N3O2/c1-12-5-2-3-7-18(12)8-4-6-17-15(19)13-9-14(10-16)20-11-13/h9,11-12H,2-8,10,16H2,1H3,(H,17,19).